The molecule has 0 amide bonds. The van der Waals surface area contributed by atoms with E-state index in [-0.39, 0.29) is 0 Å². The highest BCUT2D eigenvalue weighted by atomic mass is 16.5. The van der Waals surface area contributed by atoms with Crippen molar-refractivity contribution >= 4 is 11.0 Å². The number of fused-ring (bicyclic) bond motifs is 1. The molecule has 1 aliphatic heterocycles. The summed E-state index contributed by atoms with van der Waals surface area (Å²) in [6.07, 6.45) is 1.71. The van der Waals surface area contributed by atoms with Crippen LogP contribution in [0.2, 0.25) is 0 Å². The van der Waals surface area contributed by atoms with Crippen molar-refractivity contribution in [1.82, 2.24) is 10.2 Å². The first-order valence-electron chi connectivity index (χ1n) is 6.34. The molecule has 0 saturated carbocycles. The van der Waals surface area contributed by atoms with Gasteiger partial charge in [0, 0.05) is 38.1 Å². The summed E-state index contributed by atoms with van der Waals surface area (Å²) in [7, 11) is 1.69. The van der Waals surface area contributed by atoms with Gasteiger partial charge < -0.3 is 14.5 Å². The van der Waals surface area contributed by atoms with Gasteiger partial charge >= 0.3 is 0 Å². The van der Waals surface area contributed by atoms with Crippen LogP contribution in [0, 0.1) is 0 Å². The molecule has 0 aliphatic carbocycles. The highest BCUT2D eigenvalue weighted by molar-refractivity contribution is 5.83. The van der Waals surface area contributed by atoms with E-state index in [9.17, 15) is 0 Å². The monoisotopic (exact) mass is 246 g/mol. The molecule has 2 aromatic rings. The largest absolute Gasteiger partial charge is 0.493 e. The van der Waals surface area contributed by atoms with E-state index in [2.05, 4.69) is 22.3 Å². The molecule has 96 valence electrons. The number of hydrogen-bond acceptors (Lipinski definition) is 4. The molecule has 0 spiro atoms. The highest BCUT2D eigenvalue weighted by Gasteiger charge is 2.12. The number of nitrogens with one attached hydrogen (secondary N) is 1. The maximum Gasteiger partial charge on any atom is 0.175 e. The fourth-order valence-corrected chi connectivity index (χ4v) is 2.48. The Labute approximate surface area is 107 Å². The predicted octanol–water partition coefficient (Wildman–Crippen LogP) is 1.85. The zero-order valence-electron chi connectivity index (χ0n) is 10.6. The molecule has 4 heteroatoms. The third-order valence-corrected chi connectivity index (χ3v) is 3.41. The van der Waals surface area contributed by atoms with E-state index in [1.807, 2.05) is 6.07 Å². The fourth-order valence-electron chi connectivity index (χ4n) is 2.48. The number of furan rings is 1. The number of benzene rings is 1. The lowest BCUT2D eigenvalue weighted by Gasteiger charge is -2.27. The van der Waals surface area contributed by atoms with Crippen LogP contribution in [0.25, 0.3) is 11.0 Å². The van der Waals surface area contributed by atoms with Crippen molar-refractivity contribution in [2.24, 2.45) is 0 Å². The summed E-state index contributed by atoms with van der Waals surface area (Å²) in [6, 6.07) is 6.25. The predicted molar refractivity (Wildman–Crippen MR) is 70.9 cm³/mol. The third kappa shape index (κ3) is 2.21. The van der Waals surface area contributed by atoms with Gasteiger partial charge in [-0.15, -0.1) is 0 Å². The van der Waals surface area contributed by atoms with E-state index in [1.54, 1.807) is 13.4 Å². The van der Waals surface area contributed by atoms with E-state index >= 15 is 0 Å². The lowest BCUT2D eigenvalue weighted by atomic mass is 10.1. The van der Waals surface area contributed by atoms with Gasteiger partial charge in [0.1, 0.15) is 0 Å². The van der Waals surface area contributed by atoms with Gasteiger partial charge in [0.2, 0.25) is 0 Å². The van der Waals surface area contributed by atoms with Crippen molar-refractivity contribution in [2.75, 3.05) is 33.3 Å². The fraction of sp³-hybridized carbons (Fsp3) is 0.429. The van der Waals surface area contributed by atoms with Crippen molar-refractivity contribution in [2.45, 2.75) is 6.54 Å². The van der Waals surface area contributed by atoms with Gasteiger partial charge in [-0.25, -0.2) is 0 Å². The molecular formula is C14H18N2O2. The molecule has 1 N–H and O–H groups in total. The van der Waals surface area contributed by atoms with Gasteiger partial charge in [-0.1, -0.05) is 0 Å². The van der Waals surface area contributed by atoms with Crippen molar-refractivity contribution in [3.8, 4) is 5.75 Å². The molecule has 1 saturated heterocycles. The molecule has 3 rings (SSSR count). The molecule has 1 aromatic carbocycles. The van der Waals surface area contributed by atoms with E-state index in [0.29, 0.717) is 0 Å². The van der Waals surface area contributed by atoms with Crippen molar-refractivity contribution in [3.63, 3.8) is 0 Å². The Morgan fingerprint density at radius 1 is 1.33 bits per heavy atom. The van der Waals surface area contributed by atoms with Gasteiger partial charge in [0.05, 0.1) is 13.4 Å². The van der Waals surface area contributed by atoms with Crippen LogP contribution in [0.15, 0.2) is 28.9 Å². The Kier molecular flexibility index (Phi) is 3.21. The lowest BCUT2D eigenvalue weighted by Crippen LogP contribution is -2.42. The number of hydrogen-bond donors (Lipinski definition) is 1. The van der Waals surface area contributed by atoms with Gasteiger partial charge in [-0.3, -0.25) is 4.90 Å². The Hall–Kier alpha value is -1.52. The summed E-state index contributed by atoms with van der Waals surface area (Å²) in [5.41, 5.74) is 2.12. The zero-order chi connectivity index (χ0) is 12.4. The Balaban J connectivity index is 1.86. The van der Waals surface area contributed by atoms with Crippen LogP contribution in [0.1, 0.15) is 5.56 Å². The highest BCUT2D eigenvalue weighted by Crippen LogP contribution is 2.28. The standard InChI is InChI=1S/C14H18N2O2/c1-17-13-9-11(8-12-2-7-18-14(12)13)10-16-5-3-15-4-6-16/h2,7-9,15H,3-6,10H2,1H3. The summed E-state index contributed by atoms with van der Waals surface area (Å²) in [6.45, 7) is 5.33. The maximum absolute atomic E-state index is 5.44. The normalized spacial score (nSPS) is 17.2. The molecule has 1 fully saturated rings. The molecule has 0 bridgehead atoms. The second kappa shape index (κ2) is 5.00. The smallest absolute Gasteiger partial charge is 0.175 e. The van der Waals surface area contributed by atoms with E-state index in [4.69, 9.17) is 9.15 Å². The lowest BCUT2D eigenvalue weighted by molar-refractivity contribution is 0.233. The second-order valence-electron chi connectivity index (χ2n) is 4.66. The molecule has 18 heavy (non-hydrogen) atoms. The Bertz CT molecular complexity index is 530. The van der Waals surface area contributed by atoms with E-state index < -0.39 is 0 Å². The minimum Gasteiger partial charge on any atom is -0.493 e. The number of methoxy groups -OCH3 is 1. The van der Waals surface area contributed by atoms with E-state index in [0.717, 1.165) is 49.4 Å². The average Bonchev–Trinajstić information content (AvgIpc) is 2.87. The Morgan fingerprint density at radius 2 is 2.17 bits per heavy atom. The molecule has 1 aromatic heterocycles. The van der Waals surface area contributed by atoms with E-state index in [1.165, 1.54) is 5.56 Å². The summed E-state index contributed by atoms with van der Waals surface area (Å²) in [5.74, 6) is 0.822. The van der Waals surface area contributed by atoms with Crippen LogP contribution in [-0.4, -0.2) is 38.2 Å². The molecule has 4 nitrogen and oxygen atoms in total. The zero-order valence-corrected chi connectivity index (χ0v) is 10.6. The molecule has 0 radical (unpaired) electrons. The molecule has 2 heterocycles. The Morgan fingerprint density at radius 3 is 2.94 bits per heavy atom. The first-order chi connectivity index (χ1) is 8.86. The maximum atomic E-state index is 5.44. The van der Waals surface area contributed by atoms with Crippen molar-refractivity contribution < 1.29 is 9.15 Å². The SMILES string of the molecule is COc1cc(CN2CCNCC2)cc2ccoc12. The molecular weight excluding hydrogens is 228 g/mol. The first-order valence-corrected chi connectivity index (χ1v) is 6.34. The average molecular weight is 246 g/mol. The molecule has 0 atom stereocenters. The van der Waals surface area contributed by atoms with Crippen LogP contribution in [0.3, 0.4) is 0 Å². The topological polar surface area (TPSA) is 37.6 Å². The summed E-state index contributed by atoms with van der Waals surface area (Å²) in [4.78, 5) is 2.46. The first kappa shape index (κ1) is 11.6. The summed E-state index contributed by atoms with van der Waals surface area (Å²) in [5, 5.41) is 4.48. The van der Waals surface area contributed by atoms with Gasteiger partial charge in [0.15, 0.2) is 11.3 Å². The van der Waals surface area contributed by atoms with Gasteiger partial charge in [-0.2, -0.15) is 0 Å². The van der Waals surface area contributed by atoms with Crippen LogP contribution in [0.4, 0.5) is 0 Å². The second-order valence-corrected chi connectivity index (χ2v) is 4.66. The van der Waals surface area contributed by atoms with Crippen molar-refractivity contribution in [3.05, 3.63) is 30.0 Å². The number of nitrogens with zero attached hydrogens (tertiary/aromatic N) is 1. The van der Waals surface area contributed by atoms with Crippen LogP contribution >= 0.6 is 0 Å². The van der Waals surface area contributed by atoms with Gasteiger partial charge in [0.25, 0.3) is 0 Å². The number of piperazine rings is 1. The third-order valence-electron chi connectivity index (χ3n) is 3.41. The summed E-state index contributed by atoms with van der Waals surface area (Å²) < 4.78 is 10.8. The minimum atomic E-state index is 0.822. The van der Waals surface area contributed by atoms with Gasteiger partial charge in [-0.05, 0) is 23.8 Å². The number of rotatable bonds is 3. The number of ether oxygens (including phenoxy) is 1. The quantitative estimate of drug-likeness (QED) is 0.897. The molecule has 1 aliphatic rings. The van der Waals surface area contributed by atoms with Crippen LogP contribution in [-0.2, 0) is 6.54 Å². The molecule has 0 unspecified atom stereocenters. The summed E-state index contributed by atoms with van der Waals surface area (Å²) >= 11 is 0. The van der Waals surface area contributed by atoms with Crippen LogP contribution in [0.5, 0.6) is 5.75 Å². The van der Waals surface area contributed by atoms with Crippen LogP contribution < -0.4 is 10.1 Å². The van der Waals surface area contributed by atoms with Crippen molar-refractivity contribution in [1.29, 1.82) is 0 Å². The minimum absolute atomic E-state index is 0.822.